The van der Waals surface area contributed by atoms with Crippen LogP contribution in [0.25, 0.3) is 0 Å². The van der Waals surface area contributed by atoms with Crippen molar-refractivity contribution in [1.82, 2.24) is 14.8 Å². The molecule has 0 radical (unpaired) electrons. The first kappa shape index (κ1) is 20.0. The first-order valence-corrected chi connectivity index (χ1v) is 11.3. The molecule has 1 aliphatic carbocycles. The highest BCUT2D eigenvalue weighted by Crippen LogP contribution is 2.28. The molecule has 0 bridgehead atoms. The van der Waals surface area contributed by atoms with Crippen molar-refractivity contribution in [1.29, 1.82) is 0 Å². The number of benzene rings is 1. The van der Waals surface area contributed by atoms with Crippen LogP contribution in [0, 0.1) is 5.92 Å². The first-order chi connectivity index (χ1) is 14.2. The second-order valence-corrected chi connectivity index (χ2v) is 8.92. The molecule has 1 aliphatic heterocycles. The smallest absolute Gasteiger partial charge is 0.253 e. The summed E-state index contributed by atoms with van der Waals surface area (Å²) in [5.74, 6) is 0.881. The number of piperazine rings is 1. The van der Waals surface area contributed by atoms with Crippen LogP contribution in [0.3, 0.4) is 0 Å². The van der Waals surface area contributed by atoms with Crippen LogP contribution in [0.1, 0.15) is 42.5 Å². The Morgan fingerprint density at radius 1 is 0.931 bits per heavy atom. The second-order valence-electron chi connectivity index (χ2n) is 7.82. The second kappa shape index (κ2) is 9.44. The van der Waals surface area contributed by atoms with Crippen molar-refractivity contribution in [2.45, 2.75) is 42.0 Å². The van der Waals surface area contributed by atoms with Crippen molar-refractivity contribution in [3.05, 3.63) is 54.2 Å². The maximum Gasteiger partial charge on any atom is 0.253 e. The SMILES string of the molecule is O=C(CC1CCCC1)N1CCN(C(=O)c2ccc(Sc3ccccn3)cc2)CC1. The Labute approximate surface area is 176 Å². The van der Waals surface area contributed by atoms with Gasteiger partial charge in [0, 0.05) is 49.3 Å². The van der Waals surface area contributed by atoms with E-state index in [0.29, 0.717) is 44.1 Å². The molecule has 2 aliphatic rings. The van der Waals surface area contributed by atoms with Crippen molar-refractivity contribution in [3.63, 3.8) is 0 Å². The zero-order valence-corrected chi connectivity index (χ0v) is 17.4. The number of hydrogen-bond donors (Lipinski definition) is 0. The third-order valence-electron chi connectivity index (χ3n) is 5.82. The first-order valence-electron chi connectivity index (χ1n) is 10.4. The molecule has 0 N–H and O–H groups in total. The van der Waals surface area contributed by atoms with Crippen LogP contribution < -0.4 is 0 Å². The summed E-state index contributed by atoms with van der Waals surface area (Å²) in [5, 5.41) is 0.935. The van der Waals surface area contributed by atoms with Gasteiger partial charge in [0.1, 0.15) is 5.03 Å². The van der Waals surface area contributed by atoms with Gasteiger partial charge in [-0.25, -0.2) is 4.98 Å². The van der Waals surface area contributed by atoms with Gasteiger partial charge in [0.2, 0.25) is 5.91 Å². The summed E-state index contributed by atoms with van der Waals surface area (Å²) < 4.78 is 0. The Morgan fingerprint density at radius 2 is 1.62 bits per heavy atom. The molecule has 1 saturated carbocycles. The molecule has 1 aromatic carbocycles. The van der Waals surface area contributed by atoms with Gasteiger partial charge in [-0.1, -0.05) is 30.7 Å². The number of amides is 2. The predicted molar refractivity (Wildman–Crippen MR) is 114 cm³/mol. The van der Waals surface area contributed by atoms with E-state index in [4.69, 9.17) is 0 Å². The zero-order chi connectivity index (χ0) is 20.1. The topological polar surface area (TPSA) is 53.5 Å². The molecule has 1 aromatic heterocycles. The summed E-state index contributed by atoms with van der Waals surface area (Å²) in [6, 6.07) is 13.5. The van der Waals surface area contributed by atoms with Crippen molar-refractivity contribution in [2.24, 2.45) is 5.92 Å². The van der Waals surface area contributed by atoms with E-state index in [1.54, 1.807) is 18.0 Å². The Bertz CT molecular complexity index is 827. The third-order valence-corrected chi connectivity index (χ3v) is 6.78. The fourth-order valence-electron chi connectivity index (χ4n) is 4.13. The van der Waals surface area contributed by atoms with Crippen LogP contribution >= 0.6 is 11.8 Å². The van der Waals surface area contributed by atoms with E-state index in [-0.39, 0.29) is 11.8 Å². The van der Waals surface area contributed by atoms with Crippen LogP contribution in [0.5, 0.6) is 0 Å². The standard InChI is InChI=1S/C23H27N3O2S/c27-22(17-18-5-1-2-6-18)25-13-15-26(16-14-25)23(28)19-8-10-20(11-9-19)29-21-7-3-4-12-24-21/h3-4,7-12,18H,1-2,5-6,13-17H2. The Kier molecular flexibility index (Phi) is 6.49. The van der Waals surface area contributed by atoms with Gasteiger partial charge in [0.25, 0.3) is 5.91 Å². The molecule has 0 atom stereocenters. The summed E-state index contributed by atoms with van der Waals surface area (Å²) in [6.45, 7) is 2.51. The lowest BCUT2D eigenvalue weighted by Crippen LogP contribution is -2.50. The van der Waals surface area contributed by atoms with Gasteiger partial charge in [-0.2, -0.15) is 0 Å². The predicted octanol–water partition coefficient (Wildman–Crippen LogP) is 4.10. The fraction of sp³-hybridized carbons (Fsp3) is 0.435. The monoisotopic (exact) mass is 409 g/mol. The Morgan fingerprint density at radius 3 is 2.28 bits per heavy atom. The van der Waals surface area contributed by atoms with Crippen molar-refractivity contribution in [2.75, 3.05) is 26.2 Å². The van der Waals surface area contributed by atoms with E-state index in [1.807, 2.05) is 52.3 Å². The lowest BCUT2D eigenvalue weighted by Gasteiger charge is -2.35. The van der Waals surface area contributed by atoms with Crippen molar-refractivity contribution in [3.8, 4) is 0 Å². The largest absolute Gasteiger partial charge is 0.339 e. The average Bonchev–Trinajstić information content (AvgIpc) is 3.28. The minimum absolute atomic E-state index is 0.0438. The molecular formula is C23H27N3O2S. The van der Waals surface area contributed by atoms with E-state index >= 15 is 0 Å². The number of nitrogens with zero attached hydrogens (tertiary/aromatic N) is 3. The summed E-state index contributed by atoms with van der Waals surface area (Å²) in [5.41, 5.74) is 0.695. The Hall–Kier alpha value is -2.34. The lowest BCUT2D eigenvalue weighted by molar-refractivity contribution is -0.133. The molecule has 29 heavy (non-hydrogen) atoms. The van der Waals surface area contributed by atoms with Crippen molar-refractivity contribution < 1.29 is 9.59 Å². The number of aromatic nitrogens is 1. The van der Waals surface area contributed by atoms with Crippen molar-refractivity contribution >= 4 is 23.6 Å². The maximum atomic E-state index is 12.8. The molecule has 2 aromatic rings. The van der Waals surface area contributed by atoms with Gasteiger partial charge in [0.15, 0.2) is 0 Å². The van der Waals surface area contributed by atoms with E-state index in [9.17, 15) is 9.59 Å². The number of carbonyl (C=O) groups is 2. The van der Waals surface area contributed by atoms with Crippen LogP contribution in [0.2, 0.25) is 0 Å². The van der Waals surface area contributed by atoms with Crippen LogP contribution in [-0.4, -0.2) is 52.8 Å². The van der Waals surface area contributed by atoms with Gasteiger partial charge < -0.3 is 9.80 Å². The number of hydrogen-bond acceptors (Lipinski definition) is 4. The van der Waals surface area contributed by atoms with Gasteiger partial charge in [0.05, 0.1) is 0 Å². The molecule has 2 amide bonds. The van der Waals surface area contributed by atoms with Gasteiger partial charge in [-0.3, -0.25) is 9.59 Å². The summed E-state index contributed by atoms with van der Waals surface area (Å²) in [7, 11) is 0. The number of pyridine rings is 1. The lowest BCUT2D eigenvalue weighted by atomic mass is 10.0. The van der Waals surface area contributed by atoms with E-state index in [2.05, 4.69) is 4.98 Å². The minimum Gasteiger partial charge on any atom is -0.339 e. The normalized spacial score (nSPS) is 17.5. The molecule has 5 nitrogen and oxygen atoms in total. The molecule has 2 heterocycles. The minimum atomic E-state index is 0.0438. The summed E-state index contributed by atoms with van der Waals surface area (Å²) in [6.07, 6.45) is 7.37. The third kappa shape index (κ3) is 5.18. The van der Waals surface area contributed by atoms with Gasteiger partial charge in [-0.15, -0.1) is 0 Å². The van der Waals surface area contributed by atoms with Gasteiger partial charge in [-0.05, 0) is 55.2 Å². The maximum absolute atomic E-state index is 12.8. The molecule has 6 heteroatoms. The molecule has 1 saturated heterocycles. The highest BCUT2D eigenvalue weighted by atomic mass is 32.2. The molecule has 2 fully saturated rings. The van der Waals surface area contributed by atoms with E-state index in [1.165, 1.54) is 25.7 Å². The number of rotatable bonds is 5. The fourth-order valence-corrected chi connectivity index (χ4v) is 4.90. The zero-order valence-electron chi connectivity index (χ0n) is 16.6. The van der Waals surface area contributed by atoms with Crippen LogP contribution in [0.15, 0.2) is 58.6 Å². The average molecular weight is 410 g/mol. The van der Waals surface area contributed by atoms with E-state index < -0.39 is 0 Å². The van der Waals surface area contributed by atoms with Crippen LogP contribution in [-0.2, 0) is 4.79 Å². The van der Waals surface area contributed by atoms with Gasteiger partial charge >= 0.3 is 0 Å². The highest BCUT2D eigenvalue weighted by molar-refractivity contribution is 7.99. The Balaban J connectivity index is 1.28. The molecule has 0 spiro atoms. The highest BCUT2D eigenvalue weighted by Gasteiger charge is 2.27. The molecule has 4 rings (SSSR count). The van der Waals surface area contributed by atoms with E-state index in [0.717, 1.165) is 9.92 Å². The summed E-state index contributed by atoms with van der Waals surface area (Å²) >= 11 is 1.58. The number of carbonyl (C=O) groups excluding carboxylic acids is 2. The molecular weight excluding hydrogens is 382 g/mol. The summed E-state index contributed by atoms with van der Waals surface area (Å²) in [4.78, 5) is 34.5. The quantitative estimate of drug-likeness (QED) is 0.746. The van der Waals surface area contributed by atoms with Crippen LogP contribution in [0.4, 0.5) is 0 Å². The molecule has 0 unspecified atom stereocenters. The molecule has 152 valence electrons.